The van der Waals surface area contributed by atoms with E-state index in [0.717, 1.165) is 57.9 Å². The first-order chi connectivity index (χ1) is 16.0. The standard InChI is InChI=1S/C22H26F2N6O3/c23-20(24)33-17-5-13(8-26-19(17)25)16-7-18(30-9-15-6-14(30)10-32-15)28-21(27-16)29-3-1-22(11-29)2-4-31-12-22/h5,7-8,14-15,20H,1-4,6,9-12H2,(H2,25,26)/t14-,15-,22?/m0/s1. The minimum Gasteiger partial charge on any atom is -0.431 e. The van der Waals surface area contributed by atoms with E-state index in [2.05, 4.69) is 19.5 Å². The molecule has 176 valence electrons. The number of pyridine rings is 1. The fourth-order valence-electron chi connectivity index (χ4n) is 5.40. The van der Waals surface area contributed by atoms with Crippen molar-refractivity contribution in [2.24, 2.45) is 5.41 Å². The number of fused-ring (bicyclic) bond motifs is 2. The van der Waals surface area contributed by atoms with Crippen molar-refractivity contribution >= 4 is 17.6 Å². The number of anilines is 3. The number of aromatic nitrogens is 3. The molecule has 11 heteroatoms. The predicted octanol–water partition coefficient (Wildman–Crippen LogP) is 2.32. The molecular formula is C22H26F2N6O3. The molecule has 1 unspecified atom stereocenters. The van der Waals surface area contributed by atoms with Gasteiger partial charge in [0, 0.05) is 49.5 Å². The lowest BCUT2D eigenvalue weighted by Crippen LogP contribution is -2.38. The molecule has 2 aromatic heterocycles. The summed E-state index contributed by atoms with van der Waals surface area (Å²) in [5.74, 6) is 1.18. The van der Waals surface area contributed by atoms with Crippen LogP contribution >= 0.6 is 0 Å². The van der Waals surface area contributed by atoms with Crippen LogP contribution in [0.5, 0.6) is 5.75 Å². The van der Waals surface area contributed by atoms with Crippen molar-refractivity contribution in [2.45, 2.75) is 38.0 Å². The maximum Gasteiger partial charge on any atom is 0.387 e. The molecule has 4 aliphatic heterocycles. The lowest BCUT2D eigenvalue weighted by atomic mass is 9.87. The third-order valence-electron chi connectivity index (χ3n) is 7.20. The second-order valence-corrected chi connectivity index (χ2v) is 9.37. The lowest BCUT2D eigenvalue weighted by Gasteiger charge is -2.29. The van der Waals surface area contributed by atoms with Crippen LogP contribution in [0.4, 0.5) is 26.4 Å². The van der Waals surface area contributed by atoms with Crippen LogP contribution in [-0.2, 0) is 9.47 Å². The lowest BCUT2D eigenvalue weighted by molar-refractivity contribution is -0.0494. The van der Waals surface area contributed by atoms with E-state index in [0.29, 0.717) is 23.8 Å². The molecule has 9 nitrogen and oxygen atoms in total. The number of nitrogen functional groups attached to an aromatic ring is 1. The molecule has 2 aromatic rings. The Bertz CT molecular complexity index is 1050. The minimum atomic E-state index is -2.99. The normalized spacial score (nSPS) is 28.6. The number of nitrogens with two attached hydrogens (primary N) is 1. The van der Waals surface area contributed by atoms with Gasteiger partial charge in [0.05, 0.1) is 31.1 Å². The SMILES string of the molecule is Nc1ncc(-c2cc(N3C[C@@H]4C[C@H]3CO4)nc(N3CCC4(CCOC4)C3)n2)cc1OC(F)F. The average molecular weight is 460 g/mol. The third-order valence-corrected chi connectivity index (χ3v) is 7.20. The molecule has 6 heterocycles. The molecule has 2 N–H and O–H groups in total. The summed E-state index contributed by atoms with van der Waals surface area (Å²) in [5, 5.41) is 0. The summed E-state index contributed by atoms with van der Waals surface area (Å²) in [7, 11) is 0. The van der Waals surface area contributed by atoms with E-state index in [4.69, 9.17) is 25.2 Å². The molecule has 2 bridgehead atoms. The number of halogens is 2. The van der Waals surface area contributed by atoms with Gasteiger partial charge >= 0.3 is 6.61 Å². The Kier molecular flexibility index (Phi) is 4.98. The van der Waals surface area contributed by atoms with Gasteiger partial charge < -0.3 is 29.7 Å². The first kappa shape index (κ1) is 20.8. The number of alkyl halides is 2. The zero-order valence-electron chi connectivity index (χ0n) is 18.1. The van der Waals surface area contributed by atoms with Crippen molar-refractivity contribution in [2.75, 3.05) is 55.0 Å². The first-order valence-corrected chi connectivity index (χ1v) is 11.3. The molecule has 0 aliphatic carbocycles. The predicted molar refractivity (Wildman–Crippen MR) is 116 cm³/mol. The topological polar surface area (TPSA) is 98.9 Å². The first-order valence-electron chi connectivity index (χ1n) is 11.3. The van der Waals surface area contributed by atoms with Crippen molar-refractivity contribution in [3.63, 3.8) is 0 Å². The molecule has 33 heavy (non-hydrogen) atoms. The molecule has 1 spiro atoms. The summed E-state index contributed by atoms with van der Waals surface area (Å²) >= 11 is 0. The summed E-state index contributed by atoms with van der Waals surface area (Å²) in [6.07, 6.45) is 4.80. The Hall–Kier alpha value is -2.79. The van der Waals surface area contributed by atoms with Crippen LogP contribution in [0, 0.1) is 5.41 Å². The van der Waals surface area contributed by atoms with Gasteiger partial charge in [-0.25, -0.2) is 9.97 Å². The van der Waals surface area contributed by atoms with E-state index in [9.17, 15) is 8.78 Å². The van der Waals surface area contributed by atoms with E-state index in [1.165, 1.54) is 12.3 Å². The van der Waals surface area contributed by atoms with Gasteiger partial charge in [-0.3, -0.25) is 0 Å². The van der Waals surface area contributed by atoms with Crippen molar-refractivity contribution in [1.29, 1.82) is 0 Å². The summed E-state index contributed by atoms with van der Waals surface area (Å²) < 4.78 is 41.7. The average Bonchev–Trinajstić information content (AvgIpc) is 3.61. The summed E-state index contributed by atoms with van der Waals surface area (Å²) in [6.45, 7) is 1.71. The molecule has 0 saturated carbocycles. The van der Waals surface area contributed by atoms with E-state index >= 15 is 0 Å². The van der Waals surface area contributed by atoms with Crippen molar-refractivity contribution in [3.05, 3.63) is 18.3 Å². The summed E-state index contributed by atoms with van der Waals surface area (Å²) in [5.41, 5.74) is 7.03. The van der Waals surface area contributed by atoms with Crippen LogP contribution in [-0.4, -0.2) is 73.2 Å². The van der Waals surface area contributed by atoms with Crippen molar-refractivity contribution in [1.82, 2.24) is 15.0 Å². The number of nitrogens with zero attached hydrogens (tertiary/aromatic N) is 5. The van der Waals surface area contributed by atoms with Gasteiger partial charge in [-0.1, -0.05) is 0 Å². The smallest absolute Gasteiger partial charge is 0.387 e. The molecule has 0 radical (unpaired) electrons. The maximum atomic E-state index is 12.8. The van der Waals surface area contributed by atoms with Crippen LogP contribution in [0.2, 0.25) is 0 Å². The van der Waals surface area contributed by atoms with E-state index in [-0.39, 0.29) is 29.1 Å². The van der Waals surface area contributed by atoms with Gasteiger partial charge in [-0.15, -0.1) is 0 Å². The minimum absolute atomic E-state index is 0.0923. The largest absolute Gasteiger partial charge is 0.431 e. The summed E-state index contributed by atoms with van der Waals surface area (Å²) in [4.78, 5) is 18.3. The van der Waals surface area contributed by atoms with Gasteiger partial charge in [-0.2, -0.15) is 13.8 Å². The van der Waals surface area contributed by atoms with Gasteiger partial charge in [0.15, 0.2) is 11.6 Å². The Labute approximate surface area is 189 Å². The molecule has 3 atom stereocenters. The zero-order chi connectivity index (χ0) is 22.6. The van der Waals surface area contributed by atoms with Gasteiger partial charge in [0.25, 0.3) is 0 Å². The number of morpholine rings is 1. The van der Waals surface area contributed by atoms with Crippen molar-refractivity contribution < 1.29 is 23.0 Å². The Morgan fingerprint density at radius 3 is 2.88 bits per heavy atom. The highest BCUT2D eigenvalue weighted by atomic mass is 19.3. The Morgan fingerprint density at radius 1 is 1.24 bits per heavy atom. The quantitative estimate of drug-likeness (QED) is 0.721. The highest BCUT2D eigenvalue weighted by molar-refractivity contribution is 5.68. The number of hydrogen-bond acceptors (Lipinski definition) is 9. The van der Waals surface area contributed by atoms with Crippen LogP contribution < -0.4 is 20.3 Å². The van der Waals surface area contributed by atoms with Crippen LogP contribution in [0.3, 0.4) is 0 Å². The maximum absolute atomic E-state index is 12.8. The third kappa shape index (κ3) is 3.82. The van der Waals surface area contributed by atoms with E-state index in [1.54, 1.807) is 0 Å². The monoisotopic (exact) mass is 460 g/mol. The van der Waals surface area contributed by atoms with E-state index < -0.39 is 6.61 Å². The van der Waals surface area contributed by atoms with Gasteiger partial charge in [0.1, 0.15) is 5.82 Å². The fourth-order valence-corrected chi connectivity index (χ4v) is 5.40. The Morgan fingerprint density at radius 2 is 2.15 bits per heavy atom. The number of rotatable bonds is 5. The summed E-state index contributed by atoms with van der Waals surface area (Å²) in [6, 6.07) is 3.62. The number of hydrogen-bond donors (Lipinski definition) is 1. The molecule has 0 aromatic carbocycles. The van der Waals surface area contributed by atoms with Crippen LogP contribution in [0.1, 0.15) is 19.3 Å². The fraction of sp³-hybridized carbons (Fsp3) is 0.591. The Balaban J connectivity index is 1.38. The highest BCUT2D eigenvalue weighted by Crippen LogP contribution is 2.41. The van der Waals surface area contributed by atoms with Crippen molar-refractivity contribution in [3.8, 4) is 17.0 Å². The molecule has 4 saturated heterocycles. The van der Waals surface area contributed by atoms with Gasteiger partial charge in [0.2, 0.25) is 5.95 Å². The second kappa shape index (κ2) is 7.91. The number of ether oxygens (including phenoxy) is 3. The van der Waals surface area contributed by atoms with Crippen LogP contribution in [0.15, 0.2) is 18.3 Å². The second-order valence-electron chi connectivity index (χ2n) is 9.37. The molecular weight excluding hydrogens is 434 g/mol. The highest BCUT2D eigenvalue weighted by Gasteiger charge is 2.43. The molecule has 6 rings (SSSR count). The zero-order valence-corrected chi connectivity index (χ0v) is 18.1. The van der Waals surface area contributed by atoms with Gasteiger partial charge in [-0.05, 0) is 25.3 Å². The molecule has 4 aliphatic rings. The molecule has 0 amide bonds. The van der Waals surface area contributed by atoms with Crippen LogP contribution in [0.25, 0.3) is 11.3 Å². The molecule has 4 fully saturated rings. The van der Waals surface area contributed by atoms with E-state index in [1.807, 2.05) is 6.07 Å².